The maximum atomic E-state index is 14.2. The molecule has 0 radical (unpaired) electrons. The van der Waals surface area contributed by atoms with Gasteiger partial charge in [0, 0.05) is 69.1 Å². The summed E-state index contributed by atoms with van der Waals surface area (Å²) in [5, 5.41) is 3.29. The molecule has 1 aromatic heterocycles. The second kappa shape index (κ2) is 10.5. The van der Waals surface area contributed by atoms with Crippen molar-refractivity contribution in [2.45, 2.75) is 95.9 Å². The predicted molar refractivity (Wildman–Crippen MR) is 151 cm³/mol. The maximum Gasteiger partial charge on any atom is 0.223 e. The average Bonchev–Trinajstić information content (AvgIpc) is 3.50. The number of rotatable bonds is 7. The number of imidazole rings is 1. The Morgan fingerprint density at radius 3 is 2.78 bits per heavy atom. The molecule has 1 aromatic carbocycles. The molecule has 7 rings (SSSR count). The Kier molecular flexibility index (Phi) is 6.93. The Hall–Kier alpha value is -2.78. The van der Waals surface area contributed by atoms with Crippen LogP contribution in [-0.2, 0) is 27.3 Å². The molecule has 1 spiro atoms. The van der Waals surface area contributed by atoms with E-state index in [1.165, 1.54) is 31.0 Å². The Balaban J connectivity index is 1.06. The zero-order valence-electron chi connectivity index (χ0n) is 24.3. The molecular formula is C32H42FN5O3. The van der Waals surface area contributed by atoms with E-state index in [1.807, 2.05) is 11.0 Å². The first kappa shape index (κ1) is 27.1. The molecule has 4 heterocycles. The van der Waals surface area contributed by atoms with Gasteiger partial charge in [-0.15, -0.1) is 0 Å². The number of carbonyl (C=O) groups is 2. The van der Waals surface area contributed by atoms with Crippen LogP contribution in [0.15, 0.2) is 24.3 Å². The van der Waals surface area contributed by atoms with E-state index in [0.717, 1.165) is 62.3 Å². The highest BCUT2D eigenvalue weighted by Gasteiger charge is 2.69. The summed E-state index contributed by atoms with van der Waals surface area (Å²) >= 11 is 0. The first-order valence-electron chi connectivity index (χ1n) is 15.6. The zero-order valence-corrected chi connectivity index (χ0v) is 24.3. The standard InChI is InChI=1S/C32H42FN5O3/c1-20-34-27-7-12-36(21(2)39)19-28(27)38(20)25-17-30-32(18-25)11-6-29(32)37(30)13-8-26(23-4-3-5-24(33)16-23)35-31(40)22-9-14-41-15-10-22/h3-5,16,22,25-26,29-30H,6-15,17-19H2,1-2H3,(H,35,40)/t25?,26-,29?,30?,32?/m0/s1. The van der Waals surface area contributed by atoms with Gasteiger partial charge in [0.2, 0.25) is 11.8 Å². The SMILES string of the molecule is CC(=O)N1CCc2nc(C)n(C3CC4N(CC[C@H](NC(=O)C5CCOCC5)c5cccc(F)c5)C5CCC54C3)c2C1. The molecule has 2 aromatic rings. The number of halogens is 1. The van der Waals surface area contributed by atoms with E-state index >= 15 is 0 Å². The Morgan fingerprint density at radius 2 is 2.05 bits per heavy atom. The second-order valence-electron chi connectivity index (χ2n) is 13.0. The molecule has 2 saturated heterocycles. The molecule has 4 fully saturated rings. The van der Waals surface area contributed by atoms with Crippen LogP contribution in [0.2, 0.25) is 0 Å². The summed E-state index contributed by atoms with van der Waals surface area (Å²) in [6.07, 6.45) is 7.85. The van der Waals surface area contributed by atoms with E-state index in [1.54, 1.807) is 19.1 Å². The van der Waals surface area contributed by atoms with E-state index in [0.29, 0.717) is 43.3 Å². The van der Waals surface area contributed by atoms with Crippen LogP contribution >= 0.6 is 0 Å². The van der Waals surface area contributed by atoms with Gasteiger partial charge in [-0.2, -0.15) is 0 Å². The van der Waals surface area contributed by atoms with Gasteiger partial charge < -0.3 is 19.5 Å². The van der Waals surface area contributed by atoms with Crippen molar-refractivity contribution in [2.75, 3.05) is 26.3 Å². The fraction of sp³-hybridized carbons (Fsp3) is 0.656. The lowest BCUT2D eigenvalue weighted by atomic mass is 9.53. The molecule has 2 amide bonds. The van der Waals surface area contributed by atoms with Gasteiger partial charge in [-0.1, -0.05) is 12.1 Å². The van der Waals surface area contributed by atoms with Crippen molar-refractivity contribution in [3.63, 3.8) is 0 Å². The molecule has 5 aliphatic rings. The van der Waals surface area contributed by atoms with Crippen molar-refractivity contribution in [1.82, 2.24) is 24.7 Å². The summed E-state index contributed by atoms with van der Waals surface area (Å²) in [7, 11) is 0. The summed E-state index contributed by atoms with van der Waals surface area (Å²) < 4.78 is 22.1. The summed E-state index contributed by atoms with van der Waals surface area (Å²) in [5.41, 5.74) is 3.61. The van der Waals surface area contributed by atoms with Gasteiger partial charge in [0.1, 0.15) is 11.6 Å². The van der Waals surface area contributed by atoms with E-state index in [2.05, 4.69) is 21.7 Å². The fourth-order valence-electron chi connectivity index (χ4n) is 8.87. The summed E-state index contributed by atoms with van der Waals surface area (Å²) in [6.45, 7) is 7.32. The van der Waals surface area contributed by atoms with Crippen molar-refractivity contribution in [3.05, 3.63) is 52.9 Å². The Bertz CT molecular complexity index is 1340. The number of amides is 2. The molecule has 9 heteroatoms. The summed E-state index contributed by atoms with van der Waals surface area (Å²) in [5.74, 6) is 0.962. The number of ether oxygens (including phenoxy) is 1. The van der Waals surface area contributed by atoms with E-state index in [4.69, 9.17) is 9.72 Å². The number of aryl methyl sites for hydroxylation is 1. The number of aromatic nitrogens is 2. The molecule has 41 heavy (non-hydrogen) atoms. The minimum atomic E-state index is -0.268. The first-order valence-corrected chi connectivity index (χ1v) is 15.6. The van der Waals surface area contributed by atoms with Crippen LogP contribution in [0.4, 0.5) is 4.39 Å². The number of likely N-dealkylation sites (tertiary alicyclic amines) is 1. The number of benzene rings is 1. The highest BCUT2D eigenvalue weighted by Crippen LogP contribution is 2.67. The lowest BCUT2D eigenvalue weighted by molar-refractivity contribution is -0.188. The largest absolute Gasteiger partial charge is 0.381 e. The van der Waals surface area contributed by atoms with Gasteiger partial charge in [0.15, 0.2) is 0 Å². The van der Waals surface area contributed by atoms with Gasteiger partial charge in [-0.05, 0) is 69.6 Å². The second-order valence-corrected chi connectivity index (χ2v) is 13.0. The highest BCUT2D eigenvalue weighted by molar-refractivity contribution is 5.79. The van der Waals surface area contributed by atoms with E-state index in [9.17, 15) is 14.0 Å². The summed E-state index contributed by atoms with van der Waals surface area (Å²) in [4.78, 5) is 34.9. The van der Waals surface area contributed by atoms with Crippen LogP contribution in [0, 0.1) is 24.1 Å². The minimum absolute atomic E-state index is 0.0398. The molecule has 3 aliphatic heterocycles. The van der Waals surface area contributed by atoms with Crippen molar-refractivity contribution >= 4 is 11.8 Å². The maximum absolute atomic E-state index is 14.2. The minimum Gasteiger partial charge on any atom is -0.381 e. The Morgan fingerprint density at radius 1 is 1.22 bits per heavy atom. The number of hydrogen-bond donors (Lipinski definition) is 1. The highest BCUT2D eigenvalue weighted by atomic mass is 19.1. The van der Waals surface area contributed by atoms with Gasteiger partial charge >= 0.3 is 0 Å². The molecule has 220 valence electrons. The van der Waals surface area contributed by atoms with E-state index < -0.39 is 0 Å². The van der Waals surface area contributed by atoms with Crippen LogP contribution in [0.1, 0.15) is 86.7 Å². The van der Waals surface area contributed by atoms with Gasteiger partial charge in [-0.25, -0.2) is 9.37 Å². The van der Waals surface area contributed by atoms with Crippen LogP contribution in [0.3, 0.4) is 0 Å². The normalized spacial score (nSPS) is 30.0. The third-order valence-corrected chi connectivity index (χ3v) is 11.0. The lowest BCUT2D eigenvalue weighted by Crippen LogP contribution is -2.74. The zero-order chi connectivity index (χ0) is 28.3. The molecule has 8 nitrogen and oxygen atoms in total. The molecule has 4 unspecified atom stereocenters. The quantitative estimate of drug-likeness (QED) is 0.549. The number of nitrogens with one attached hydrogen (secondary N) is 1. The number of hydrogen-bond acceptors (Lipinski definition) is 5. The molecule has 0 bridgehead atoms. The van der Waals surface area contributed by atoms with Crippen molar-refractivity contribution in [3.8, 4) is 0 Å². The molecule has 2 aliphatic carbocycles. The summed E-state index contributed by atoms with van der Waals surface area (Å²) in [6, 6.07) is 8.01. The van der Waals surface area contributed by atoms with E-state index in [-0.39, 0.29) is 29.6 Å². The number of fused-ring (bicyclic) bond motifs is 1. The van der Waals surface area contributed by atoms with Crippen LogP contribution in [0.5, 0.6) is 0 Å². The number of piperidine rings is 1. The van der Waals surface area contributed by atoms with Crippen LogP contribution in [0.25, 0.3) is 0 Å². The predicted octanol–water partition coefficient (Wildman–Crippen LogP) is 4.08. The third-order valence-electron chi connectivity index (χ3n) is 11.0. The molecule has 5 atom stereocenters. The van der Waals surface area contributed by atoms with Gasteiger partial charge in [0.05, 0.1) is 24.0 Å². The first-order chi connectivity index (χ1) is 19.8. The smallest absolute Gasteiger partial charge is 0.223 e. The topological polar surface area (TPSA) is 79.7 Å². The monoisotopic (exact) mass is 563 g/mol. The van der Waals surface area contributed by atoms with Crippen molar-refractivity contribution in [1.29, 1.82) is 0 Å². The van der Waals surface area contributed by atoms with Crippen LogP contribution < -0.4 is 5.32 Å². The average molecular weight is 564 g/mol. The number of carbonyl (C=O) groups excluding carboxylic acids is 2. The van der Waals surface area contributed by atoms with Gasteiger partial charge in [-0.3, -0.25) is 14.5 Å². The molecule has 2 saturated carbocycles. The Labute approximate surface area is 241 Å². The fourth-order valence-corrected chi connectivity index (χ4v) is 8.87. The van der Waals surface area contributed by atoms with Crippen molar-refractivity contribution in [2.24, 2.45) is 11.3 Å². The van der Waals surface area contributed by atoms with Gasteiger partial charge in [0.25, 0.3) is 0 Å². The van der Waals surface area contributed by atoms with Crippen LogP contribution in [-0.4, -0.2) is 69.6 Å². The molecular weight excluding hydrogens is 521 g/mol. The lowest BCUT2D eigenvalue weighted by Gasteiger charge is -2.68. The van der Waals surface area contributed by atoms with Crippen molar-refractivity contribution < 1.29 is 18.7 Å². The molecule has 1 N–H and O–H groups in total. The third kappa shape index (κ3) is 4.60. The number of nitrogens with zero attached hydrogens (tertiary/aromatic N) is 4.